The van der Waals surface area contributed by atoms with E-state index >= 15 is 0 Å². The fourth-order valence-corrected chi connectivity index (χ4v) is 4.43. The van der Waals surface area contributed by atoms with Crippen LogP contribution < -0.4 is 0 Å². The first-order valence-corrected chi connectivity index (χ1v) is 7.86. The SMILES string of the molecule is CC(O)(Cc1ccc(Cl)cc1)CC1CC2CCC1C2. The molecule has 0 amide bonds. The molecule has 2 aliphatic rings. The molecule has 0 aliphatic heterocycles. The zero-order valence-electron chi connectivity index (χ0n) is 11.6. The quantitative estimate of drug-likeness (QED) is 0.862. The van der Waals surface area contributed by atoms with Crippen LogP contribution in [0.15, 0.2) is 24.3 Å². The highest BCUT2D eigenvalue weighted by molar-refractivity contribution is 6.30. The standard InChI is InChI=1S/C17H23ClO/c1-17(19,10-12-3-6-16(18)7-4-12)11-15-9-13-2-5-14(15)8-13/h3-4,6-7,13-15,19H,2,5,8-11H2,1H3. The van der Waals surface area contributed by atoms with Crippen LogP contribution >= 0.6 is 11.6 Å². The van der Waals surface area contributed by atoms with Gasteiger partial charge in [0.05, 0.1) is 5.60 Å². The Balaban J connectivity index is 1.61. The van der Waals surface area contributed by atoms with Crippen molar-refractivity contribution in [3.05, 3.63) is 34.9 Å². The van der Waals surface area contributed by atoms with Crippen molar-refractivity contribution in [3.8, 4) is 0 Å². The van der Waals surface area contributed by atoms with E-state index in [0.717, 1.165) is 35.6 Å². The van der Waals surface area contributed by atoms with Crippen molar-refractivity contribution in [2.45, 2.75) is 51.0 Å². The van der Waals surface area contributed by atoms with E-state index in [1.165, 1.54) is 31.2 Å². The maximum absolute atomic E-state index is 10.7. The zero-order chi connectivity index (χ0) is 13.5. The van der Waals surface area contributed by atoms with Gasteiger partial charge in [-0.15, -0.1) is 0 Å². The van der Waals surface area contributed by atoms with Gasteiger partial charge in [-0.05, 0) is 68.1 Å². The van der Waals surface area contributed by atoms with Crippen LogP contribution in [0.1, 0.15) is 44.6 Å². The average Bonchev–Trinajstić information content (AvgIpc) is 2.93. The molecule has 0 radical (unpaired) electrons. The van der Waals surface area contributed by atoms with Crippen LogP contribution in [0.25, 0.3) is 0 Å². The fraction of sp³-hybridized carbons (Fsp3) is 0.647. The van der Waals surface area contributed by atoms with Gasteiger partial charge in [-0.1, -0.05) is 30.2 Å². The molecule has 2 bridgehead atoms. The van der Waals surface area contributed by atoms with E-state index in [0.29, 0.717) is 0 Å². The van der Waals surface area contributed by atoms with Gasteiger partial charge >= 0.3 is 0 Å². The van der Waals surface area contributed by atoms with E-state index < -0.39 is 5.60 Å². The van der Waals surface area contributed by atoms with E-state index in [9.17, 15) is 5.11 Å². The number of benzene rings is 1. The molecule has 2 saturated carbocycles. The molecule has 2 fully saturated rings. The number of hydrogen-bond donors (Lipinski definition) is 1. The van der Waals surface area contributed by atoms with Crippen molar-refractivity contribution in [3.63, 3.8) is 0 Å². The molecule has 1 aromatic carbocycles. The molecule has 104 valence electrons. The highest BCUT2D eigenvalue weighted by atomic mass is 35.5. The van der Waals surface area contributed by atoms with Crippen LogP contribution in [0.3, 0.4) is 0 Å². The van der Waals surface area contributed by atoms with Gasteiger partial charge in [0, 0.05) is 11.4 Å². The summed E-state index contributed by atoms with van der Waals surface area (Å²) in [6.07, 6.45) is 7.28. The van der Waals surface area contributed by atoms with Gasteiger partial charge in [0.2, 0.25) is 0 Å². The predicted molar refractivity (Wildman–Crippen MR) is 79.3 cm³/mol. The molecule has 1 aromatic rings. The number of aliphatic hydroxyl groups is 1. The maximum atomic E-state index is 10.7. The topological polar surface area (TPSA) is 20.2 Å². The van der Waals surface area contributed by atoms with Gasteiger partial charge in [0.1, 0.15) is 0 Å². The molecular weight excluding hydrogens is 256 g/mol. The van der Waals surface area contributed by atoms with Crippen molar-refractivity contribution in [2.75, 3.05) is 0 Å². The summed E-state index contributed by atoms with van der Waals surface area (Å²) in [5, 5.41) is 11.5. The summed E-state index contributed by atoms with van der Waals surface area (Å²) >= 11 is 5.90. The van der Waals surface area contributed by atoms with Crippen molar-refractivity contribution in [1.29, 1.82) is 0 Å². The van der Waals surface area contributed by atoms with E-state index in [1.807, 2.05) is 31.2 Å². The van der Waals surface area contributed by atoms with Gasteiger partial charge in [0.25, 0.3) is 0 Å². The third-order valence-electron chi connectivity index (χ3n) is 5.08. The molecular formula is C17H23ClO. The lowest BCUT2D eigenvalue weighted by atomic mass is 9.79. The highest BCUT2D eigenvalue weighted by Gasteiger charge is 2.41. The second-order valence-corrected chi connectivity index (χ2v) is 7.38. The summed E-state index contributed by atoms with van der Waals surface area (Å²) in [4.78, 5) is 0. The van der Waals surface area contributed by atoms with Crippen LogP contribution in [-0.2, 0) is 6.42 Å². The summed E-state index contributed by atoms with van der Waals surface area (Å²) in [5.41, 5.74) is 0.598. The minimum atomic E-state index is -0.580. The normalized spacial score (nSPS) is 32.5. The van der Waals surface area contributed by atoms with Crippen LogP contribution in [-0.4, -0.2) is 10.7 Å². The van der Waals surface area contributed by atoms with Crippen molar-refractivity contribution in [2.24, 2.45) is 17.8 Å². The molecule has 0 spiro atoms. The largest absolute Gasteiger partial charge is 0.390 e. The minimum Gasteiger partial charge on any atom is -0.390 e. The monoisotopic (exact) mass is 278 g/mol. The van der Waals surface area contributed by atoms with Crippen LogP contribution in [0.5, 0.6) is 0 Å². The summed E-state index contributed by atoms with van der Waals surface area (Å²) in [6.45, 7) is 1.99. The van der Waals surface area contributed by atoms with Crippen LogP contribution in [0.2, 0.25) is 5.02 Å². The fourth-order valence-electron chi connectivity index (χ4n) is 4.31. The molecule has 1 nitrogen and oxygen atoms in total. The molecule has 2 aliphatic carbocycles. The van der Waals surface area contributed by atoms with Gasteiger partial charge in [-0.2, -0.15) is 0 Å². The molecule has 4 atom stereocenters. The molecule has 2 heteroatoms. The van der Waals surface area contributed by atoms with Crippen molar-refractivity contribution in [1.82, 2.24) is 0 Å². The van der Waals surface area contributed by atoms with Crippen LogP contribution in [0.4, 0.5) is 0 Å². The van der Waals surface area contributed by atoms with Gasteiger partial charge in [-0.25, -0.2) is 0 Å². The Morgan fingerprint density at radius 3 is 2.53 bits per heavy atom. The zero-order valence-corrected chi connectivity index (χ0v) is 12.4. The molecule has 0 saturated heterocycles. The maximum Gasteiger partial charge on any atom is 0.0662 e. The summed E-state index contributed by atoms with van der Waals surface area (Å²) < 4.78 is 0. The number of hydrogen-bond acceptors (Lipinski definition) is 1. The lowest BCUT2D eigenvalue weighted by Crippen LogP contribution is -2.32. The minimum absolute atomic E-state index is 0.580. The van der Waals surface area contributed by atoms with E-state index in [2.05, 4.69) is 0 Å². The van der Waals surface area contributed by atoms with Crippen molar-refractivity contribution >= 4 is 11.6 Å². The second kappa shape index (κ2) is 5.10. The second-order valence-electron chi connectivity index (χ2n) is 6.94. The molecule has 3 rings (SSSR count). The molecule has 4 unspecified atom stereocenters. The van der Waals surface area contributed by atoms with E-state index in [-0.39, 0.29) is 0 Å². The van der Waals surface area contributed by atoms with Crippen LogP contribution in [0, 0.1) is 17.8 Å². The highest BCUT2D eigenvalue weighted by Crippen LogP contribution is 2.50. The first kappa shape index (κ1) is 13.5. The number of fused-ring (bicyclic) bond motifs is 2. The van der Waals surface area contributed by atoms with Gasteiger partial charge < -0.3 is 5.11 Å². The Morgan fingerprint density at radius 2 is 1.95 bits per heavy atom. The Hall–Kier alpha value is -0.530. The van der Waals surface area contributed by atoms with Gasteiger partial charge in [0.15, 0.2) is 0 Å². The summed E-state index contributed by atoms with van der Waals surface area (Å²) in [5.74, 6) is 2.60. The van der Waals surface area contributed by atoms with E-state index in [1.54, 1.807) is 0 Å². The molecule has 0 heterocycles. The molecule has 19 heavy (non-hydrogen) atoms. The third kappa shape index (κ3) is 3.14. The first-order chi connectivity index (χ1) is 9.02. The summed E-state index contributed by atoms with van der Waals surface area (Å²) in [6, 6.07) is 7.87. The average molecular weight is 279 g/mol. The van der Waals surface area contributed by atoms with Crippen molar-refractivity contribution < 1.29 is 5.11 Å². The Kier molecular flexibility index (Phi) is 3.61. The molecule has 1 N–H and O–H groups in total. The predicted octanol–water partition coefficient (Wildman–Crippen LogP) is 4.46. The summed E-state index contributed by atoms with van der Waals surface area (Å²) in [7, 11) is 0. The van der Waals surface area contributed by atoms with Gasteiger partial charge in [-0.3, -0.25) is 0 Å². The smallest absolute Gasteiger partial charge is 0.0662 e. The van der Waals surface area contributed by atoms with E-state index in [4.69, 9.17) is 11.6 Å². The lowest BCUT2D eigenvalue weighted by Gasteiger charge is -2.31. The number of rotatable bonds is 4. The number of halogens is 1. The third-order valence-corrected chi connectivity index (χ3v) is 5.34. The Morgan fingerprint density at radius 1 is 1.21 bits per heavy atom. The molecule has 0 aromatic heterocycles. The first-order valence-electron chi connectivity index (χ1n) is 7.49. The Labute approximate surface area is 121 Å². The Bertz CT molecular complexity index is 437. The lowest BCUT2D eigenvalue weighted by molar-refractivity contribution is 0.0246.